The van der Waals surface area contributed by atoms with Crippen molar-refractivity contribution in [3.05, 3.63) is 93.5 Å². The molecule has 2 atom stereocenters. The number of carbonyl (C=O) groups excluding carboxylic acids is 2. The van der Waals surface area contributed by atoms with Gasteiger partial charge in [0, 0.05) is 24.3 Å². The molecule has 9 heteroatoms. The molecule has 0 unspecified atom stereocenters. The summed E-state index contributed by atoms with van der Waals surface area (Å²) < 4.78 is 71.0. The molecule has 0 aliphatic rings. The van der Waals surface area contributed by atoms with Gasteiger partial charge in [-0.3, -0.25) is 4.79 Å². The van der Waals surface area contributed by atoms with Crippen LogP contribution in [-0.4, -0.2) is 30.8 Å². The number of rotatable bonds is 9. The van der Waals surface area contributed by atoms with Crippen LogP contribution in [0.25, 0.3) is 0 Å². The molecule has 3 aromatic rings. The van der Waals surface area contributed by atoms with E-state index >= 15 is 0 Å². The van der Waals surface area contributed by atoms with Crippen molar-refractivity contribution in [2.75, 3.05) is 7.11 Å². The molecular weight excluding hydrogens is 539 g/mol. The van der Waals surface area contributed by atoms with E-state index in [0.29, 0.717) is 21.2 Å². The number of carbonyl (C=O) groups is 2. The summed E-state index contributed by atoms with van der Waals surface area (Å²) in [7, 11) is 1.30. The number of methoxy groups -OCH3 is 1. The number of alkyl carbamates (subject to hydrolysis) is 1. The molecule has 0 radical (unpaired) electrons. The predicted molar refractivity (Wildman–Crippen MR) is 154 cm³/mol. The third kappa shape index (κ3) is 8.80. The van der Waals surface area contributed by atoms with Crippen LogP contribution >= 0.6 is 23.2 Å². The van der Waals surface area contributed by atoms with Gasteiger partial charge in [-0.15, -0.1) is 0 Å². The van der Waals surface area contributed by atoms with Gasteiger partial charge in [-0.2, -0.15) is 0 Å². The summed E-state index contributed by atoms with van der Waals surface area (Å²) in [5.74, 6) is -1.29. The average Bonchev–Trinajstić information content (AvgIpc) is 2.93. The number of ether oxygens (including phenoxy) is 3. The highest BCUT2D eigenvalue weighted by Gasteiger charge is 2.31. The fraction of sp³-hybridized carbons (Fsp3) is 0.333. The Labute approximate surface area is 249 Å². The van der Waals surface area contributed by atoms with E-state index in [0.717, 1.165) is 6.07 Å². The molecule has 0 aliphatic carbocycles. The second-order valence-corrected chi connectivity index (χ2v) is 10.3. The molecule has 7 nitrogen and oxygen atoms in total. The van der Waals surface area contributed by atoms with Gasteiger partial charge in [0.15, 0.2) is 0 Å². The van der Waals surface area contributed by atoms with Gasteiger partial charge in [0.1, 0.15) is 17.1 Å². The van der Waals surface area contributed by atoms with E-state index in [4.69, 9.17) is 47.0 Å². The van der Waals surface area contributed by atoms with E-state index in [-0.39, 0.29) is 11.3 Å². The largest absolute Gasteiger partial charge is 0.497 e. The highest BCUT2D eigenvalue weighted by atomic mass is 35.5. The van der Waals surface area contributed by atoms with Crippen molar-refractivity contribution in [2.24, 2.45) is 0 Å². The van der Waals surface area contributed by atoms with Gasteiger partial charge in [0.2, 0.25) is 0 Å². The van der Waals surface area contributed by atoms with Crippen LogP contribution in [0.2, 0.25) is 10.0 Å². The molecule has 2 N–H and O–H groups in total. The van der Waals surface area contributed by atoms with Crippen LogP contribution < -0.4 is 20.1 Å². The fourth-order valence-corrected chi connectivity index (χ4v) is 3.98. The molecule has 39 heavy (non-hydrogen) atoms. The lowest BCUT2D eigenvalue weighted by Gasteiger charge is -2.31. The van der Waals surface area contributed by atoms with Gasteiger partial charge >= 0.3 is 6.09 Å². The molecule has 3 aromatic carbocycles. The number of halogens is 2. The van der Waals surface area contributed by atoms with Crippen LogP contribution in [0.4, 0.5) is 4.79 Å². The molecule has 208 valence electrons. The summed E-state index contributed by atoms with van der Waals surface area (Å²) in [5.41, 5.74) is -0.143. The summed E-state index contributed by atoms with van der Waals surface area (Å²) in [6.07, 6.45) is -4.23. The van der Waals surface area contributed by atoms with Crippen LogP contribution in [0.1, 0.15) is 77.6 Å². The predicted octanol–water partition coefficient (Wildman–Crippen LogP) is 7.53. The summed E-state index contributed by atoms with van der Waals surface area (Å²) in [4.78, 5) is 27.1. The van der Waals surface area contributed by atoms with Gasteiger partial charge in [-0.1, -0.05) is 47.5 Å². The van der Waals surface area contributed by atoms with Crippen molar-refractivity contribution < 1.29 is 33.4 Å². The van der Waals surface area contributed by atoms with Crippen molar-refractivity contribution in [2.45, 2.75) is 58.2 Å². The zero-order chi connectivity index (χ0) is 34.7. The topological polar surface area (TPSA) is 85.9 Å². The van der Waals surface area contributed by atoms with Crippen molar-refractivity contribution in [1.29, 1.82) is 0 Å². The number of nitrogens with one attached hydrogen (secondary N) is 2. The standard InChI is InChI=1S/C30H34Cl2N2O5/c1-18(2)38-25-17-23(37-6)15-16-24(25)28(35)33-26(19-7-11-21(31)12-8-19)27(20-9-13-22(32)14-10-20)34-29(36)39-30(3,4)5/h7-18,26-27H,1-6H3,(H,33,35)(H,34,36)/t26-,27+/m0/s1/i1D3,2D3,18D. The van der Waals surface area contributed by atoms with Gasteiger partial charge in [0.25, 0.3) is 5.91 Å². The summed E-state index contributed by atoms with van der Waals surface area (Å²) in [6, 6.07) is 14.7. The first kappa shape index (κ1) is 21.4. The van der Waals surface area contributed by atoms with E-state index in [1.165, 1.54) is 19.2 Å². The van der Waals surface area contributed by atoms with Crippen molar-refractivity contribution >= 4 is 35.2 Å². The molecule has 0 saturated heterocycles. The summed E-state index contributed by atoms with van der Waals surface area (Å²) in [6.45, 7) is -1.81. The molecule has 0 aliphatic heterocycles. The Bertz CT molecular complexity index is 1510. The van der Waals surface area contributed by atoms with Crippen molar-refractivity contribution in [1.82, 2.24) is 10.6 Å². The summed E-state index contributed by atoms with van der Waals surface area (Å²) in [5, 5.41) is 6.48. The SMILES string of the molecule is [2H]C([2H])([2H])C([2H])(Oc1cc(OC)ccc1C(=O)N[C@@H](c1ccc(Cl)cc1)[C@H](NC(=O)OC(C)(C)C)c1ccc(Cl)cc1)C([2H])([2H])[2H]. The zero-order valence-corrected chi connectivity index (χ0v) is 23.3. The van der Waals surface area contributed by atoms with Crippen molar-refractivity contribution in [3.8, 4) is 11.5 Å². The van der Waals surface area contributed by atoms with E-state index in [2.05, 4.69) is 10.6 Å². The number of hydrogen-bond donors (Lipinski definition) is 2. The minimum atomic E-state index is -3.45. The lowest BCUT2D eigenvalue weighted by molar-refractivity contribution is 0.0487. The second kappa shape index (κ2) is 13.1. The van der Waals surface area contributed by atoms with Gasteiger partial charge in [-0.25, -0.2) is 4.79 Å². The smallest absolute Gasteiger partial charge is 0.408 e. The molecule has 0 saturated carbocycles. The number of benzene rings is 3. The Morgan fingerprint density at radius 2 is 1.41 bits per heavy atom. The third-order valence-electron chi connectivity index (χ3n) is 5.40. The van der Waals surface area contributed by atoms with Crippen LogP contribution in [0.15, 0.2) is 66.7 Å². The Morgan fingerprint density at radius 1 is 0.872 bits per heavy atom. The molecule has 0 bridgehead atoms. The van der Waals surface area contributed by atoms with Crippen LogP contribution in [-0.2, 0) is 4.74 Å². The van der Waals surface area contributed by atoms with Crippen LogP contribution in [0, 0.1) is 0 Å². The molecule has 0 heterocycles. The molecule has 0 fully saturated rings. The maximum Gasteiger partial charge on any atom is 0.408 e. The lowest BCUT2D eigenvalue weighted by Crippen LogP contribution is -2.42. The zero-order valence-electron chi connectivity index (χ0n) is 28.8. The Morgan fingerprint density at radius 3 is 1.90 bits per heavy atom. The van der Waals surface area contributed by atoms with E-state index in [1.807, 2.05) is 0 Å². The third-order valence-corrected chi connectivity index (χ3v) is 5.90. The van der Waals surface area contributed by atoms with E-state index in [9.17, 15) is 9.59 Å². The average molecular weight is 581 g/mol. The first-order valence-electron chi connectivity index (χ1n) is 15.3. The quantitative estimate of drug-likeness (QED) is 0.273. The number of hydrogen-bond acceptors (Lipinski definition) is 5. The van der Waals surface area contributed by atoms with Gasteiger partial charge in [-0.05, 0) is 82.0 Å². The number of amides is 2. The normalized spacial score (nSPS) is 16.4. The molecule has 3 rings (SSSR count). The first-order valence-corrected chi connectivity index (χ1v) is 12.6. The second-order valence-electron chi connectivity index (χ2n) is 9.47. The summed E-state index contributed by atoms with van der Waals surface area (Å²) >= 11 is 12.3. The van der Waals surface area contributed by atoms with Crippen LogP contribution in [0.3, 0.4) is 0 Å². The van der Waals surface area contributed by atoms with Gasteiger partial charge in [0.05, 0.1) is 32.2 Å². The molecule has 2 amide bonds. The molecular formula is C30H34Cl2N2O5. The van der Waals surface area contributed by atoms with E-state index < -0.39 is 55.2 Å². The fourth-order valence-electron chi connectivity index (χ4n) is 3.72. The minimum absolute atomic E-state index is 0.102. The minimum Gasteiger partial charge on any atom is -0.497 e. The highest BCUT2D eigenvalue weighted by Crippen LogP contribution is 2.33. The lowest BCUT2D eigenvalue weighted by atomic mass is 9.93. The Kier molecular flexibility index (Phi) is 7.19. The first-order chi connectivity index (χ1) is 21.1. The van der Waals surface area contributed by atoms with Crippen molar-refractivity contribution in [3.63, 3.8) is 0 Å². The van der Waals surface area contributed by atoms with E-state index in [1.54, 1.807) is 69.3 Å². The Hall–Kier alpha value is -3.42. The monoisotopic (exact) mass is 579 g/mol. The van der Waals surface area contributed by atoms with Gasteiger partial charge < -0.3 is 24.8 Å². The maximum atomic E-state index is 14.0. The molecule has 0 aromatic heterocycles. The molecule has 0 spiro atoms. The Balaban J connectivity index is 2.17. The maximum absolute atomic E-state index is 14.0. The van der Waals surface area contributed by atoms with Crippen LogP contribution in [0.5, 0.6) is 11.5 Å². The highest BCUT2D eigenvalue weighted by molar-refractivity contribution is 6.30.